The summed E-state index contributed by atoms with van der Waals surface area (Å²) >= 11 is 1.11. The zero-order valence-corrected chi connectivity index (χ0v) is 20.0. The Morgan fingerprint density at radius 1 is 1.12 bits per heavy atom. The first-order valence-electron chi connectivity index (χ1n) is 10.3. The van der Waals surface area contributed by atoms with E-state index in [9.17, 15) is 18.4 Å². The van der Waals surface area contributed by atoms with E-state index < -0.39 is 18.1 Å². The van der Waals surface area contributed by atoms with Gasteiger partial charge < -0.3 is 14.8 Å². The van der Waals surface area contributed by atoms with Crippen LogP contribution in [0.4, 0.5) is 14.5 Å². The number of methoxy groups -OCH3 is 1. The summed E-state index contributed by atoms with van der Waals surface area (Å²) in [5, 5.41) is 3.17. The maximum absolute atomic E-state index is 13.2. The number of amidine groups is 1. The zero-order valence-electron chi connectivity index (χ0n) is 19.2. The van der Waals surface area contributed by atoms with Crippen LogP contribution >= 0.6 is 11.8 Å². The molecule has 0 saturated heterocycles. The van der Waals surface area contributed by atoms with Crippen molar-refractivity contribution in [3.05, 3.63) is 59.8 Å². The van der Waals surface area contributed by atoms with Crippen LogP contribution in [0, 0.1) is 0 Å². The van der Waals surface area contributed by atoms with E-state index in [0.29, 0.717) is 16.6 Å². The Labute approximate surface area is 200 Å². The van der Waals surface area contributed by atoms with Gasteiger partial charge in [-0.3, -0.25) is 14.5 Å². The number of anilines is 1. The largest absolute Gasteiger partial charge is 0.497 e. The molecule has 1 aliphatic rings. The molecule has 0 radical (unpaired) electrons. The smallest absolute Gasteiger partial charge is 0.387 e. The third kappa shape index (κ3) is 6.80. The van der Waals surface area contributed by atoms with Gasteiger partial charge in [-0.25, -0.2) is 4.99 Å². The van der Waals surface area contributed by atoms with Crippen LogP contribution in [0.15, 0.2) is 59.2 Å². The molecule has 0 aliphatic carbocycles. The Morgan fingerprint density at radius 3 is 2.29 bits per heavy atom. The molecule has 0 unspecified atom stereocenters. The van der Waals surface area contributed by atoms with Crippen molar-refractivity contribution in [3.8, 4) is 11.5 Å². The van der Waals surface area contributed by atoms with Gasteiger partial charge in [0.2, 0.25) is 5.91 Å². The highest BCUT2D eigenvalue weighted by Gasteiger charge is 2.32. The Kier molecular flexibility index (Phi) is 7.93. The Balaban J connectivity index is 1.88. The molecule has 0 fully saturated rings. The van der Waals surface area contributed by atoms with Crippen LogP contribution < -0.4 is 19.7 Å². The molecular weight excluding hydrogens is 464 g/mol. The SMILES string of the molecule is COc1ccc(/C=C2\N=C(SCC(=O)NC(C)(C)C)N(c3ccc(OC(F)F)cc3)C2=O)cc1. The van der Waals surface area contributed by atoms with Gasteiger partial charge in [0.25, 0.3) is 5.91 Å². The second-order valence-corrected chi connectivity index (χ2v) is 9.24. The third-order valence-electron chi connectivity index (χ3n) is 4.42. The molecular formula is C24H25F2N3O4S. The van der Waals surface area contributed by atoms with Gasteiger partial charge in [-0.2, -0.15) is 8.78 Å². The number of carbonyl (C=O) groups is 2. The average molecular weight is 490 g/mol. The summed E-state index contributed by atoms with van der Waals surface area (Å²) in [4.78, 5) is 31.4. The van der Waals surface area contributed by atoms with Crippen molar-refractivity contribution in [2.24, 2.45) is 4.99 Å². The van der Waals surface area contributed by atoms with Crippen molar-refractivity contribution in [2.75, 3.05) is 17.8 Å². The molecule has 2 aromatic carbocycles. The summed E-state index contributed by atoms with van der Waals surface area (Å²) < 4.78 is 34.5. The zero-order chi connectivity index (χ0) is 24.9. The van der Waals surface area contributed by atoms with Crippen molar-refractivity contribution >= 4 is 40.5 Å². The van der Waals surface area contributed by atoms with Crippen LogP contribution in [0.5, 0.6) is 11.5 Å². The molecule has 0 spiro atoms. The van der Waals surface area contributed by atoms with Crippen LogP contribution in [0.3, 0.4) is 0 Å². The summed E-state index contributed by atoms with van der Waals surface area (Å²) in [6.45, 7) is 2.67. The van der Waals surface area contributed by atoms with E-state index in [0.717, 1.165) is 17.3 Å². The maximum Gasteiger partial charge on any atom is 0.387 e. The first-order chi connectivity index (χ1) is 16.1. The van der Waals surface area contributed by atoms with E-state index in [1.165, 1.54) is 29.2 Å². The Morgan fingerprint density at radius 2 is 1.74 bits per heavy atom. The molecule has 1 heterocycles. The molecule has 1 N–H and O–H groups in total. The summed E-state index contributed by atoms with van der Waals surface area (Å²) in [6.07, 6.45) is 1.63. The molecule has 10 heteroatoms. The fraction of sp³-hybridized carbons (Fsp3) is 0.292. The second-order valence-electron chi connectivity index (χ2n) is 8.30. The van der Waals surface area contributed by atoms with Gasteiger partial charge in [-0.1, -0.05) is 23.9 Å². The third-order valence-corrected chi connectivity index (χ3v) is 5.35. The molecule has 1 aliphatic heterocycles. The lowest BCUT2D eigenvalue weighted by molar-refractivity contribution is -0.120. The first-order valence-corrected chi connectivity index (χ1v) is 11.3. The lowest BCUT2D eigenvalue weighted by atomic mass is 10.1. The minimum atomic E-state index is -2.95. The van der Waals surface area contributed by atoms with Gasteiger partial charge in [0.05, 0.1) is 18.6 Å². The topological polar surface area (TPSA) is 80.2 Å². The van der Waals surface area contributed by atoms with E-state index in [1.807, 2.05) is 20.8 Å². The maximum atomic E-state index is 13.2. The van der Waals surface area contributed by atoms with Crippen molar-refractivity contribution in [1.82, 2.24) is 5.32 Å². The van der Waals surface area contributed by atoms with Crippen molar-refractivity contribution in [2.45, 2.75) is 32.9 Å². The summed E-state index contributed by atoms with van der Waals surface area (Å²) in [5.41, 5.74) is 0.930. The monoisotopic (exact) mass is 489 g/mol. The van der Waals surface area contributed by atoms with E-state index in [2.05, 4.69) is 15.0 Å². The highest BCUT2D eigenvalue weighted by molar-refractivity contribution is 8.14. The molecule has 2 aromatic rings. The number of halogens is 2. The number of nitrogens with zero attached hydrogens (tertiary/aromatic N) is 2. The highest BCUT2D eigenvalue weighted by atomic mass is 32.2. The van der Waals surface area contributed by atoms with Crippen molar-refractivity contribution in [1.29, 1.82) is 0 Å². The van der Waals surface area contributed by atoms with Crippen LogP contribution in [0.1, 0.15) is 26.3 Å². The second kappa shape index (κ2) is 10.7. The van der Waals surface area contributed by atoms with Gasteiger partial charge in [0.15, 0.2) is 5.17 Å². The summed E-state index contributed by atoms with van der Waals surface area (Å²) in [7, 11) is 1.56. The number of rotatable bonds is 7. The van der Waals surface area contributed by atoms with Crippen LogP contribution in [0.2, 0.25) is 0 Å². The van der Waals surface area contributed by atoms with Gasteiger partial charge >= 0.3 is 6.61 Å². The number of aliphatic imine (C=N–C) groups is 1. The number of ether oxygens (including phenoxy) is 2. The van der Waals surface area contributed by atoms with Crippen molar-refractivity contribution in [3.63, 3.8) is 0 Å². The van der Waals surface area contributed by atoms with Crippen LogP contribution in [-0.4, -0.2) is 42.0 Å². The molecule has 180 valence electrons. The molecule has 0 bridgehead atoms. The normalized spacial score (nSPS) is 15.0. The Bertz CT molecular complexity index is 1090. The van der Waals surface area contributed by atoms with Crippen molar-refractivity contribution < 1.29 is 27.8 Å². The van der Waals surface area contributed by atoms with Gasteiger partial charge in [-0.05, 0) is 68.8 Å². The number of carbonyl (C=O) groups excluding carboxylic acids is 2. The molecule has 34 heavy (non-hydrogen) atoms. The predicted octanol–water partition coefficient (Wildman–Crippen LogP) is 4.69. The highest BCUT2D eigenvalue weighted by Crippen LogP contribution is 2.31. The number of benzene rings is 2. The number of nitrogens with one attached hydrogen (secondary N) is 1. The number of amides is 2. The van der Waals surface area contributed by atoms with E-state index in [1.54, 1.807) is 37.5 Å². The predicted molar refractivity (Wildman–Crippen MR) is 129 cm³/mol. The van der Waals surface area contributed by atoms with Gasteiger partial charge in [0, 0.05) is 5.54 Å². The summed E-state index contributed by atoms with van der Waals surface area (Å²) in [5.74, 6) is 0.0766. The molecule has 3 rings (SSSR count). The lowest BCUT2D eigenvalue weighted by Crippen LogP contribution is -2.42. The Hall–Kier alpha value is -3.40. The van der Waals surface area contributed by atoms with Gasteiger partial charge in [0.1, 0.15) is 17.2 Å². The first kappa shape index (κ1) is 25.2. The summed E-state index contributed by atoms with van der Waals surface area (Å²) in [6, 6.07) is 12.8. The quantitative estimate of drug-likeness (QED) is 0.571. The minimum Gasteiger partial charge on any atom is -0.497 e. The van der Waals surface area contributed by atoms with Crippen LogP contribution in [-0.2, 0) is 9.59 Å². The fourth-order valence-electron chi connectivity index (χ4n) is 3.04. The fourth-order valence-corrected chi connectivity index (χ4v) is 3.85. The molecule has 0 aromatic heterocycles. The van der Waals surface area contributed by atoms with Gasteiger partial charge in [-0.15, -0.1) is 0 Å². The van der Waals surface area contributed by atoms with Crippen LogP contribution in [0.25, 0.3) is 6.08 Å². The molecule has 2 amide bonds. The van der Waals surface area contributed by atoms with E-state index in [4.69, 9.17) is 4.74 Å². The molecule has 0 saturated carbocycles. The molecule has 0 atom stereocenters. The number of hydrogen-bond acceptors (Lipinski definition) is 6. The number of hydrogen-bond donors (Lipinski definition) is 1. The lowest BCUT2D eigenvalue weighted by Gasteiger charge is -2.21. The standard InChI is InChI=1S/C24H25F2N3O4S/c1-24(2,3)28-20(30)14-34-23-27-19(13-15-5-9-17(32-4)10-6-15)21(31)29(23)16-7-11-18(12-8-16)33-22(25)26/h5-13,22H,14H2,1-4H3,(H,28,30)/b19-13-. The number of thioether (sulfide) groups is 1. The van der Waals surface area contributed by atoms with E-state index in [-0.39, 0.29) is 23.1 Å². The average Bonchev–Trinajstić information content (AvgIpc) is 3.07. The number of alkyl halides is 2. The minimum absolute atomic E-state index is 0.0323. The van der Waals surface area contributed by atoms with E-state index >= 15 is 0 Å². The molecule has 7 nitrogen and oxygen atoms in total.